The van der Waals surface area contributed by atoms with Crippen molar-refractivity contribution in [3.05, 3.63) is 34.9 Å². The van der Waals surface area contributed by atoms with Gasteiger partial charge in [0.1, 0.15) is 0 Å². The van der Waals surface area contributed by atoms with Gasteiger partial charge < -0.3 is 0 Å². The number of rotatable bonds is 4. The van der Waals surface area contributed by atoms with E-state index in [2.05, 4.69) is 52.8 Å². The van der Waals surface area contributed by atoms with Gasteiger partial charge in [0.15, 0.2) is 0 Å². The van der Waals surface area contributed by atoms with Crippen molar-refractivity contribution in [3.8, 4) is 0 Å². The third-order valence-corrected chi connectivity index (χ3v) is 5.62. The van der Waals surface area contributed by atoms with Gasteiger partial charge in [0.25, 0.3) is 0 Å². The summed E-state index contributed by atoms with van der Waals surface area (Å²) in [5, 5.41) is 0. The average Bonchev–Trinajstić information content (AvgIpc) is 2.35. The Balaban J connectivity index is 2.23. The lowest BCUT2D eigenvalue weighted by atomic mass is 9.57. The summed E-state index contributed by atoms with van der Waals surface area (Å²) in [5.74, 6) is 0. The molecule has 0 saturated heterocycles. The van der Waals surface area contributed by atoms with Crippen LogP contribution in [0.5, 0.6) is 0 Å². The zero-order valence-electron chi connectivity index (χ0n) is 13.5. The molecule has 0 aliphatic heterocycles. The molecule has 1 aliphatic rings. The number of hydrogen-bond acceptors (Lipinski definition) is 0. The highest BCUT2D eigenvalue weighted by Gasteiger charge is 2.42. The second-order valence-electron chi connectivity index (χ2n) is 7.46. The van der Waals surface area contributed by atoms with Crippen LogP contribution in [0, 0.1) is 5.41 Å². The standard InChI is InChI=1S/C19H30/c1-6-7-8-9-15-10-11-17-16(14-15)12-13-18(2,3)19(17,4)5/h10-11,14H,6-9,12-13H2,1-5H3. The van der Waals surface area contributed by atoms with Crippen molar-refractivity contribution in [2.24, 2.45) is 5.41 Å². The normalized spacial score (nSPS) is 20.1. The number of unbranched alkanes of at least 4 members (excludes halogenated alkanes) is 2. The Kier molecular flexibility index (Phi) is 4.08. The first kappa shape index (κ1) is 14.6. The molecule has 0 N–H and O–H groups in total. The quantitative estimate of drug-likeness (QED) is 0.610. The Morgan fingerprint density at radius 1 is 1.05 bits per heavy atom. The fraction of sp³-hybridized carbons (Fsp3) is 0.684. The number of aryl methyl sites for hydroxylation is 2. The van der Waals surface area contributed by atoms with E-state index in [9.17, 15) is 0 Å². The fourth-order valence-corrected chi connectivity index (χ4v) is 3.32. The Labute approximate surface area is 119 Å². The van der Waals surface area contributed by atoms with Gasteiger partial charge >= 0.3 is 0 Å². The fourth-order valence-electron chi connectivity index (χ4n) is 3.32. The molecule has 0 unspecified atom stereocenters. The summed E-state index contributed by atoms with van der Waals surface area (Å²) in [7, 11) is 0. The van der Waals surface area contributed by atoms with E-state index in [1.807, 2.05) is 0 Å². The summed E-state index contributed by atoms with van der Waals surface area (Å²) in [5.41, 5.74) is 5.44. The van der Waals surface area contributed by atoms with Crippen molar-refractivity contribution in [2.45, 2.75) is 78.6 Å². The minimum Gasteiger partial charge on any atom is -0.0654 e. The van der Waals surface area contributed by atoms with Crippen molar-refractivity contribution < 1.29 is 0 Å². The molecule has 0 spiro atoms. The summed E-state index contributed by atoms with van der Waals surface area (Å²) in [4.78, 5) is 0. The van der Waals surface area contributed by atoms with Gasteiger partial charge in [-0.15, -0.1) is 0 Å². The summed E-state index contributed by atoms with van der Waals surface area (Å²) >= 11 is 0. The highest BCUT2D eigenvalue weighted by Crippen LogP contribution is 2.49. The summed E-state index contributed by atoms with van der Waals surface area (Å²) in [6.07, 6.45) is 7.83. The molecule has 0 radical (unpaired) electrons. The summed E-state index contributed by atoms with van der Waals surface area (Å²) in [6.45, 7) is 12.0. The number of fused-ring (bicyclic) bond motifs is 1. The van der Waals surface area contributed by atoms with Gasteiger partial charge in [0.2, 0.25) is 0 Å². The van der Waals surface area contributed by atoms with Crippen LogP contribution in [0.4, 0.5) is 0 Å². The van der Waals surface area contributed by atoms with Crippen LogP contribution in [-0.4, -0.2) is 0 Å². The Morgan fingerprint density at radius 3 is 2.47 bits per heavy atom. The van der Waals surface area contributed by atoms with Crippen LogP contribution in [0.1, 0.15) is 77.0 Å². The third-order valence-electron chi connectivity index (χ3n) is 5.62. The third kappa shape index (κ3) is 2.73. The molecule has 0 atom stereocenters. The molecule has 0 fully saturated rings. The second kappa shape index (κ2) is 5.31. The second-order valence-corrected chi connectivity index (χ2v) is 7.46. The van der Waals surface area contributed by atoms with Gasteiger partial charge in [-0.3, -0.25) is 0 Å². The van der Waals surface area contributed by atoms with Gasteiger partial charge in [-0.25, -0.2) is 0 Å². The monoisotopic (exact) mass is 258 g/mol. The zero-order valence-corrected chi connectivity index (χ0v) is 13.5. The molecule has 0 bridgehead atoms. The number of benzene rings is 1. The molecule has 0 amide bonds. The van der Waals surface area contributed by atoms with E-state index in [1.165, 1.54) is 38.5 Å². The largest absolute Gasteiger partial charge is 0.0654 e. The van der Waals surface area contributed by atoms with E-state index in [0.29, 0.717) is 10.8 Å². The van der Waals surface area contributed by atoms with Gasteiger partial charge in [-0.2, -0.15) is 0 Å². The Morgan fingerprint density at radius 2 is 1.79 bits per heavy atom. The highest BCUT2D eigenvalue weighted by atomic mass is 14.5. The molecule has 19 heavy (non-hydrogen) atoms. The Bertz CT molecular complexity index is 437. The van der Waals surface area contributed by atoms with Crippen LogP contribution in [0.2, 0.25) is 0 Å². The van der Waals surface area contributed by atoms with Gasteiger partial charge in [0.05, 0.1) is 0 Å². The van der Waals surface area contributed by atoms with Gasteiger partial charge in [-0.1, -0.05) is 65.7 Å². The Hall–Kier alpha value is -0.780. The predicted octanol–water partition coefficient (Wildman–Crippen LogP) is 5.67. The van der Waals surface area contributed by atoms with Crippen LogP contribution in [0.25, 0.3) is 0 Å². The van der Waals surface area contributed by atoms with Crippen molar-refractivity contribution in [1.29, 1.82) is 0 Å². The van der Waals surface area contributed by atoms with E-state index in [4.69, 9.17) is 0 Å². The topological polar surface area (TPSA) is 0 Å². The first-order chi connectivity index (χ1) is 8.88. The predicted molar refractivity (Wildman–Crippen MR) is 84.8 cm³/mol. The molecular formula is C19H30. The first-order valence-electron chi connectivity index (χ1n) is 8.01. The molecule has 0 nitrogen and oxygen atoms in total. The van der Waals surface area contributed by atoms with Gasteiger partial charge in [-0.05, 0) is 53.2 Å². The molecule has 0 heterocycles. The molecule has 1 aromatic rings. The number of hydrogen-bond donors (Lipinski definition) is 0. The smallest absolute Gasteiger partial charge is 0.00496 e. The maximum atomic E-state index is 2.49. The summed E-state index contributed by atoms with van der Waals surface area (Å²) < 4.78 is 0. The molecule has 0 saturated carbocycles. The van der Waals surface area contributed by atoms with E-state index >= 15 is 0 Å². The molecule has 106 valence electrons. The van der Waals surface area contributed by atoms with E-state index < -0.39 is 0 Å². The molecule has 1 aliphatic carbocycles. The minimum atomic E-state index is 0.294. The molecular weight excluding hydrogens is 228 g/mol. The molecule has 0 heteroatoms. The first-order valence-corrected chi connectivity index (χ1v) is 8.01. The van der Waals surface area contributed by atoms with Crippen LogP contribution in [-0.2, 0) is 18.3 Å². The van der Waals surface area contributed by atoms with Gasteiger partial charge in [0, 0.05) is 0 Å². The lowest BCUT2D eigenvalue weighted by Crippen LogP contribution is -2.41. The van der Waals surface area contributed by atoms with Crippen molar-refractivity contribution >= 4 is 0 Å². The minimum absolute atomic E-state index is 0.294. The van der Waals surface area contributed by atoms with Crippen LogP contribution in [0.3, 0.4) is 0 Å². The van der Waals surface area contributed by atoms with Crippen LogP contribution < -0.4 is 0 Å². The zero-order chi connectivity index (χ0) is 14.1. The maximum Gasteiger partial charge on any atom is -0.00496 e. The van der Waals surface area contributed by atoms with E-state index in [-0.39, 0.29) is 0 Å². The summed E-state index contributed by atoms with van der Waals surface area (Å²) in [6, 6.07) is 7.27. The van der Waals surface area contributed by atoms with E-state index in [1.54, 1.807) is 16.7 Å². The maximum absolute atomic E-state index is 2.49. The van der Waals surface area contributed by atoms with E-state index in [0.717, 1.165) is 0 Å². The van der Waals surface area contributed by atoms with Crippen molar-refractivity contribution in [1.82, 2.24) is 0 Å². The van der Waals surface area contributed by atoms with Crippen LogP contribution in [0.15, 0.2) is 18.2 Å². The lowest BCUT2D eigenvalue weighted by molar-refractivity contribution is 0.165. The average molecular weight is 258 g/mol. The lowest BCUT2D eigenvalue weighted by Gasteiger charge is -2.47. The SMILES string of the molecule is CCCCCc1ccc2c(c1)CCC(C)(C)C2(C)C. The van der Waals surface area contributed by atoms with Crippen molar-refractivity contribution in [3.63, 3.8) is 0 Å². The molecule has 0 aromatic heterocycles. The highest BCUT2D eigenvalue weighted by molar-refractivity contribution is 5.40. The van der Waals surface area contributed by atoms with Crippen molar-refractivity contribution in [2.75, 3.05) is 0 Å². The van der Waals surface area contributed by atoms with Crippen LogP contribution >= 0.6 is 0 Å². The molecule has 1 aromatic carbocycles. The molecule has 2 rings (SSSR count).